The van der Waals surface area contributed by atoms with Crippen molar-refractivity contribution in [3.05, 3.63) is 29.8 Å². The Balaban J connectivity index is 3.45. The number of amides is 5. The number of hydrogen-bond acceptors (Lipinski definition) is 16. The summed E-state index contributed by atoms with van der Waals surface area (Å²) in [5.74, 6) is -14.2. The van der Waals surface area contributed by atoms with Gasteiger partial charge in [-0.1, -0.05) is 39.8 Å². The minimum absolute atomic E-state index is 0.00435. The number of nitrogens with one attached hydrogen (secondary N) is 4. The second kappa shape index (κ2) is 36.1. The first-order valence-electron chi connectivity index (χ1n) is 26.3. The summed E-state index contributed by atoms with van der Waals surface area (Å²) in [7, 11) is 0. The number of primary amides is 1. The highest BCUT2D eigenvalue weighted by Gasteiger charge is 2.37. The minimum atomic E-state index is -1.72. The molecule has 10 atom stereocenters. The number of phenols is 1. The van der Waals surface area contributed by atoms with Crippen molar-refractivity contribution in [3.8, 4) is 5.75 Å². The molecule has 0 heterocycles. The Bertz CT molecular complexity index is 2220. The number of Topliss-reactive ketones (excluding diaryl/α,β-unsaturated/α-hetero) is 4. The van der Waals surface area contributed by atoms with Gasteiger partial charge in [-0.15, -0.1) is 0 Å². The number of hydrogen-bond donors (Lipinski definition) is 14. The van der Waals surface area contributed by atoms with E-state index in [1.165, 1.54) is 31.2 Å². The van der Waals surface area contributed by atoms with Crippen molar-refractivity contribution in [1.82, 2.24) is 21.3 Å². The number of phenolic OH excluding ortho intramolecular Hbond substituents is 1. The lowest BCUT2D eigenvalue weighted by molar-refractivity contribution is -0.143. The maximum Gasteiger partial charge on any atom is 0.304 e. The summed E-state index contributed by atoms with van der Waals surface area (Å²) in [5.41, 5.74) is 33.5. The van der Waals surface area contributed by atoms with Crippen LogP contribution in [0, 0.1) is 35.5 Å². The average molecular weight is 1100 g/mol. The number of carboxylic acids is 1. The van der Waals surface area contributed by atoms with Gasteiger partial charge >= 0.3 is 5.97 Å². The van der Waals surface area contributed by atoms with E-state index >= 15 is 0 Å². The van der Waals surface area contributed by atoms with Gasteiger partial charge in [-0.2, -0.15) is 0 Å². The van der Waals surface area contributed by atoms with Crippen molar-refractivity contribution in [2.45, 2.75) is 155 Å². The van der Waals surface area contributed by atoms with Crippen LogP contribution in [0.15, 0.2) is 34.3 Å². The molecule has 0 fully saturated rings. The van der Waals surface area contributed by atoms with Gasteiger partial charge in [0.05, 0.1) is 37.1 Å². The molecular formula is C52H86N12O14. The van der Waals surface area contributed by atoms with Gasteiger partial charge in [0.1, 0.15) is 17.8 Å². The number of aliphatic hydroxyl groups excluding tert-OH is 2. The fourth-order valence-corrected chi connectivity index (χ4v) is 8.44. The zero-order chi connectivity index (χ0) is 59.2. The lowest BCUT2D eigenvalue weighted by Crippen LogP contribution is -2.52. The quantitative estimate of drug-likeness (QED) is 0.0200. The van der Waals surface area contributed by atoms with Gasteiger partial charge < -0.3 is 76.1 Å². The molecule has 0 unspecified atom stereocenters. The van der Waals surface area contributed by atoms with Crippen molar-refractivity contribution < 1.29 is 68.4 Å². The fourth-order valence-electron chi connectivity index (χ4n) is 8.44. The number of benzene rings is 1. The number of aromatic hydroxyl groups is 1. The first-order valence-corrected chi connectivity index (χ1v) is 26.3. The summed E-state index contributed by atoms with van der Waals surface area (Å²) in [6, 6.07) is 0.152. The van der Waals surface area contributed by atoms with Crippen LogP contribution in [0.5, 0.6) is 5.75 Å². The van der Waals surface area contributed by atoms with E-state index in [4.69, 9.17) is 34.4 Å². The summed E-state index contributed by atoms with van der Waals surface area (Å²) in [4.78, 5) is 142. The van der Waals surface area contributed by atoms with Crippen LogP contribution in [0.2, 0.25) is 0 Å². The van der Waals surface area contributed by atoms with Crippen LogP contribution in [0.4, 0.5) is 0 Å². The number of guanidine groups is 2. The third kappa shape index (κ3) is 27.3. The number of ketones is 4. The number of aliphatic carboxylic acids is 1. The normalized spacial score (nSPS) is 15.0. The van der Waals surface area contributed by atoms with E-state index < -0.39 is 151 Å². The molecule has 78 heavy (non-hydrogen) atoms. The fraction of sp³-hybridized carbons (Fsp3) is 0.654. The predicted octanol–water partition coefficient (Wildman–Crippen LogP) is -1.55. The lowest BCUT2D eigenvalue weighted by Gasteiger charge is -2.27. The molecule has 26 nitrogen and oxygen atoms in total. The van der Waals surface area contributed by atoms with E-state index in [9.17, 15) is 68.4 Å². The lowest BCUT2D eigenvalue weighted by atomic mass is 9.87. The zero-order valence-corrected chi connectivity index (χ0v) is 45.6. The number of aliphatic imine (C=N–C) groups is 2. The molecule has 20 N–H and O–H groups in total. The Hall–Kier alpha value is -7.06. The number of nitrogens with two attached hydrogens (primary N) is 6. The van der Waals surface area contributed by atoms with Crippen molar-refractivity contribution in [3.63, 3.8) is 0 Å². The molecule has 0 saturated carbocycles. The molecule has 0 aliphatic rings. The van der Waals surface area contributed by atoms with Crippen LogP contribution < -0.4 is 55.7 Å². The number of aliphatic hydroxyl groups is 2. The number of unbranched alkanes of at least 4 members (excludes halogenated alkanes) is 1. The molecule has 1 aromatic rings. The molecule has 26 heteroatoms. The summed E-state index contributed by atoms with van der Waals surface area (Å²) in [5, 5.41) is 50.6. The SMILES string of the molecule is CC(C)C[C@H](CC(=O)[C@H](CCCN=C(N)N)NC(=O)[C@@H](CC(=O)[C@H](CCCCN)NC(=O)[C@H](CC(=O)O)CC(=O)[C@@H](NC(=O)[C@H](C)CC(=O)[C@H](CO)NC(=O)[C@@H](C)CCCN=C(N)N)[C@@H](C)O)Cc1ccc(O)cc1)C(N)=O. The van der Waals surface area contributed by atoms with Gasteiger partial charge in [0.15, 0.2) is 35.1 Å². The van der Waals surface area contributed by atoms with E-state index in [1.807, 2.05) is 13.8 Å². The molecule has 5 amide bonds. The van der Waals surface area contributed by atoms with Crippen LogP contribution in [0.3, 0.4) is 0 Å². The monoisotopic (exact) mass is 1100 g/mol. The highest BCUT2D eigenvalue weighted by molar-refractivity contribution is 5.98. The van der Waals surface area contributed by atoms with Gasteiger partial charge in [-0.25, -0.2) is 0 Å². The average Bonchev–Trinajstić information content (AvgIpc) is 3.35. The molecule has 438 valence electrons. The van der Waals surface area contributed by atoms with E-state index in [0.717, 1.165) is 6.92 Å². The molecule has 0 aromatic heterocycles. The molecule has 0 saturated heterocycles. The van der Waals surface area contributed by atoms with Crippen LogP contribution >= 0.6 is 0 Å². The summed E-state index contributed by atoms with van der Waals surface area (Å²) in [6.45, 7) is 7.58. The first kappa shape index (κ1) is 69.0. The Kier molecular flexibility index (Phi) is 31.9. The van der Waals surface area contributed by atoms with Crippen molar-refractivity contribution in [1.29, 1.82) is 0 Å². The van der Waals surface area contributed by atoms with Crippen molar-refractivity contribution in [2.24, 2.45) is 79.9 Å². The van der Waals surface area contributed by atoms with Gasteiger partial charge in [0, 0.05) is 62.4 Å². The molecule has 0 radical (unpaired) electrons. The van der Waals surface area contributed by atoms with E-state index in [1.54, 1.807) is 6.92 Å². The van der Waals surface area contributed by atoms with Crippen LogP contribution in [0.1, 0.15) is 124 Å². The zero-order valence-electron chi connectivity index (χ0n) is 45.6. The number of carbonyl (C=O) groups excluding carboxylic acids is 9. The van der Waals surface area contributed by atoms with Gasteiger partial charge in [-0.3, -0.25) is 57.9 Å². The highest BCUT2D eigenvalue weighted by Crippen LogP contribution is 2.23. The standard InChI is InChI=1S/C52H86N12O14/c1-28(2)20-33(46(54)74)23-41(69)38(12-9-19-60-52(57)58)62-49(77)34(22-32-13-15-36(67)16-14-32)24-42(70)37(11-6-7-17-53)61-50(78)35(26-44(72)73)25-43(71)45(31(5)66)64-48(76)30(4)21-40(68)39(27-65)63-47(75)29(3)10-8-18-59-51(55)56/h13-16,28-31,33-35,37-39,45,65-67H,6-12,17-27,53H2,1-5H3,(H2,54,74)(H,61,78)(H,62,77)(H,63,75)(H,64,76)(H,72,73)(H4,55,56,59)(H4,57,58,60)/t29-,30+,31+,33+,34+,35-,37-,38-,39-,45-/m0/s1. The van der Waals surface area contributed by atoms with E-state index in [-0.39, 0.29) is 81.7 Å². The van der Waals surface area contributed by atoms with Gasteiger partial charge in [0.2, 0.25) is 29.5 Å². The second-order valence-electron chi connectivity index (χ2n) is 20.4. The maximum absolute atomic E-state index is 14.4. The number of nitrogens with zero attached hydrogens (tertiary/aromatic N) is 2. The van der Waals surface area contributed by atoms with Crippen molar-refractivity contribution >= 4 is 70.6 Å². The Morgan fingerprint density at radius 2 is 1.03 bits per heavy atom. The number of carboxylic acid groups (broad SMARTS) is 1. The molecule has 0 spiro atoms. The van der Waals surface area contributed by atoms with Gasteiger partial charge in [0.25, 0.3) is 0 Å². The Morgan fingerprint density at radius 3 is 1.51 bits per heavy atom. The summed E-state index contributed by atoms with van der Waals surface area (Å²) < 4.78 is 0. The summed E-state index contributed by atoms with van der Waals surface area (Å²) >= 11 is 0. The van der Waals surface area contributed by atoms with E-state index in [2.05, 4.69) is 31.3 Å². The third-order valence-corrected chi connectivity index (χ3v) is 12.9. The third-order valence-electron chi connectivity index (χ3n) is 12.9. The predicted molar refractivity (Wildman–Crippen MR) is 289 cm³/mol. The molecule has 0 aliphatic heterocycles. The molecule has 0 aliphatic carbocycles. The van der Waals surface area contributed by atoms with Crippen LogP contribution in [-0.2, 0) is 54.4 Å². The largest absolute Gasteiger partial charge is 0.508 e. The molecule has 1 rings (SSSR count). The smallest absolute Gasteiger partial charge is 0.304 e. The first-order chi connectivity index (χ1) is 36.6. The Morgan fingerprint density at radius 1 is 0.551 bits per heavy atom. The second-order valence-corrected chi connectivity index (χ2v) is 20.4. The molecule has 1 aromatic carbocycles. The topological polar surface area (TPSA) is 481 Å². The van der Waals surface area contributed by atoms with E-state index in [0.29, 0.717) is 31.2 Å². The molecular weight excluding hydrogens is 1020 g/mol. The highest BCUT2D eigenvalue weighted by atomic mass is 16.4. The van der Waals surface area contributed by atoms with Gasteiger partial charge in [-0.05, 0) is 94.9 Å². The van der Waals surface area contributed by atoms with Crippen LogP contribution in [-0.4, -0.2) is 147 Å². The van der Waals surface area contributed by atoms with Crippen molar-refractivity contribution in [2.75, 3.05) is 26.2 Å². The number of rotatable bonds is 41. The number of carbonyl (C=O) groups is 10. The van der Waals surface area contributed by atoms with Crippen LogP contribution in [0.25, 0.3) is 0 Å². The Labute approximate surface area is 455 Å². The summed E-state index contributed by atoms with van der Waals surface area (Å²) in [6.07, 6.45) is -2.86. The molecule has 0 bridgehead atoms. The minimum Gasteiger partial charge on any atom is -0.508 e. The maximum atomic E-state index is 14.4.